The number of rotatable bonds is 5. The van der Waals surface area contributed by atoms with Gasteiger partial charge in [0, 0.05) is 0 Å². The van der Waals surface area contributed by atoms with Gasteiger partial charge in [-0.1, -0.05) is 24.3 Å². The maximum absolute atomic E-state index is 10.8. The van der Waals surface area contributed by atoms with Gasteiger partial charge < -0.3 is 20.1 Å². The number of phenolic OH excluding ortho intramolecular Hbond substituents is 3. The van der Waals surface area contributed by atoms with Crippen molar-refractivity contribution in [1.82, 2.24) is 0 Å². The average Bonchev–Trinajstić information content (AvgIpc) is 2.74. The molecule has 168 valence electrons. The summed E-state index contributed by atoms with van der Waals surface area (Å²) in [5, 5.41) is 31.6. The van der Waals surface area contributed by atoms with Crippen LogP contribution in [0.1, 0.15) is 22.3 Å². The van der Waals surface area contributed by atoms with E-state index < -0.39 is 0 Å². The first kappa shape index (κ1) is 22.1. The summed E-state index contributed by atoms with van der Waals surface area (Å²) >= 11 is 0. The molecule has 5 heteroatoms. The van der Waals surface area contributed by atoms with Crippen molar-refractivity contribution in [3.05, 3.63) is 95.1 Å². The molecule has 0 aliphatic carbocycles. The van der Waals surface area contributed by atoms with Gasteiger partial charge in [-0.2, -0.15) is 0 Å². The Hall–Kier alpha value is -4.12. The summed E-state index contributed by atoms with van der Waals surface area (Å²) in [6.07, 6.45) is 0. The fourth-order valence-electron chi connectivity index (χ4n) is 3.96. The van der Waals surface area contributed by atoms with Gasteiger partial charge in [-0.05, 0) is 98.5 Å². The molecule has 0 amide bonds. The van der Waals surface area contributed by atoms with Gasteiger partial charge in [-0.15, -0.1) is 0 Å². The SMILES string of the molecule is Cc1ccc(N(c2ccc(C)cc2O)c2ccccc2Oc2c(C)cc(O)cc2C)c(O)c1. The molecule has 0 spiro atoms. The molecule has 0 heterocycles. The quantitative estimate of drug-likeness (QED) is 0.303. The van der Waals surface area contributed by atoms with Crippen LogP contribution in [-0.4, -0.2) is 15.3 Å². The molecule has 0 aliphatic rings. The predicted octanol–water partition coefficient (Wildman–Crippen LogP) is 7.30. The Labute approximate surface area is 193 Å². The third-order valence-corrected chi connectivity index (χ3v) is 5.51. The van der Waals surface area contributed by atoms with E-state index in [0.29, 0.717) is 28.6 Å². The van der Waals surface area contributed by atoms with Crippen LogP contribution >= 0.6 is 0 Å². The molecular formula is C28H27NO4. The van der Waals surface area contributed by atoms with Gasteiger partial charge in [0.05, 0.1) is 17.1 Å². The van der Waals surface area contributed by atoms with Crippen molar-refractivity contribution in [2.24, 2.45) is 0 Å². The molecule has 0 saturated carbocycles. The van der Waals surface area contributed by atoms with Gasteiger partial charge >= 0.3 is 0 Å². The van der Waals surface area contributed by atoms with E-state index in [1.807, 2.05) is 76.2 Å². The van der Waals surface area contributed by atoms with Crippen molar-refractivity contribution in [2.75, 3.05) is 4.90 Å². The van der Waals surface area contributed by atoms with E-state index in [1.54, 1.807) is 29.2 Å². The highest BCUT2D eigenvalue weighted by molar-refractivity contribution is 5.85. The van der Waals surface area contributed by atoms with Crippen molar-refractivity contribution in [2.45, 2.75) is 27.7 Å². The first-order valence-electron chi connectivity index (χ1n) is 10.7. The van der Waals surface area contributed by atoms with E-state index in [1.165, 1.54) is 0 Å². The second kappa shape index (κ2) is 8.79. The summed E-state index contributed by atoms with van der Waals surface area (Å²) in [5.74, 6) is 1.53. The molecule has 4 aromatic carbocycles. The van der Waals surface area contributed by atoms with Gasteiger partial charge in [0.15, 0.2) is 5.75 Å². The maximum Gasteiger partial charge on any atom is 0.151 e. The van der Waals surface area contributed by atoms with Crippen LogP contribution in [0.15, 0.2) is 72.8 Å². The fourth-order valence-corrected chi connectivity index (χ4v) is 3.96. The molecule has 0 saturated heterocycles. The van der Waals surface area contributed by atoms with Crippen LogP contribution in [0.3, 0.4) is 0 Å². The third-order valence-electron chi connectivity index (χ3n) is 5.51. The summed E-state index contributed by atoms with van der Waals surface area (Å²) < 4.78 is 6.36. The zero-order valence-electron chi connectivity index (χ0n) is 19.1. The Kier molecular flexibility index (Phi) is 5.88. The van der Waals surface area contributed by atoms with Crippen LogP contribution in [0, 0.1) is 27.7 Å². The lowest BCUT2D eigenvalue weighted by Gasteiger charge is -2.29. The minimum atomic E-state index is 0.0850. The molecule has 5 nitrogen and oxygen atoms in total. The van der Waals surface area contributed by atoms with E-state index in [9.17, 15) is 15.3 Å². The van der Waals surface area contributed by atoms with Crippen molar-refractivity contribution in [3.8, 4) is 28.7 Å². The van der Waals surface area contributed by atoms with Crippen molar-refractivity contribution in [1.29, 1.82) is 0 Å². The smallest absolute Gasteiger partial charge is 0.151 e. The molecular weight excluding hydrogens is 414 g/mol. The highest BCUT2D eigenvalue weighted by Crippen LogP contribution is 2.48. The number of hydrogen-bond donors (Lipinski definition) is 3. The number of nitrogens with zero attached hydrogens (tertiary/aromatic N) is 1. The maximum atomic E-state index is 10.8. The number of benzene rings is 4. The Morgan fingerprint density at radius 3 is 1.64 bits per heavy atom. The standard InChI is InChI=1S/C28H27NO4/c1-17-9-11-22(25(31)13-17)29(23-12-10-18(2)14-26(23)32)24-7-5-6-8-27(24)33-28-19(3)15-21(30)16-20(28)4/h5-16,30-32H,1-4H3. The number of phenols is 3. The molecule has 0 atom stereocenters. The molecule has 0 fully saturated rings. The summed E-state index contributed by atoms with van der Waals surface area (Å²) in [5.41, 5.74) is 5.09. The normalized spacial score (nSPS) is 10.8. The number of hydrogen-bond acceptors (Lipinski definition) is 5. The predicted molar refractivity (Wildman–Crippen MR) is 132 cm³/mol. The third kappa shape index (κ3) is 4.44. The number of para-hydroxylation sites is 2. The van der Waals surface area contributed by atoms with E-state index >= 15 is 0 Å². The number of ether oxygens (including phenoxy) is 1. The lowest BCUT2D eigenvalue weighted by molar-refractivity contribution is 0.458. The summed E-state index contributed by atoms with van der Waals surface area (Å²) in [7, 11) is 0. The fraction of sp³-hybridized carbons (Fsp3) is 0.143. The molecule has 3 N–H and O–H groups in total. The second-order valence-electron chi connectivity index (χ2n) is 8.30. The van der Waals surface area contributed by atoms with Crippen molar-refractivity contribution >= 4 is 17.1 Å². The monoisotopic (exact) mass is 441 g/mol. The zero-order chi connectivity index (χ0) is 23.7. The van der Waals surface area contributed by atoms with Gasteiger partial charge in [0.25, 0.3) is 0 Å². The molecule has 33 heavy (non-hydrogen) atoms. The van der Waals surface area contributed by atoms with E-state index in [4.69, 9.17) is 4.74 Å². The largest absolute Gasteiger partial charge is 0.508 e. The summed E-state index contributed by atoms with van der Waals surface area (Å²) in [4.78, 5) is 1.78. The van der Waals surface area contributed by atoms with Crippen LogP contribution in [0.25, 0.3) is 0 Å². The van der Waals surface area contributed by atoms with E-state index in [-0.39, 0.29) is 17.2 Å². The second-order valence-corrected chi connectivity index (χ2v) is 8.30. The van der Waals surface area contributed by atoms with Gasteiger partial charge in [-0.25, -0.2) is 0 Å². The molecule has 4 rings (SSSR count). The van der Waals surface area contributed by atoms with Crippen LogP contribution in [0.4, 0.5) is 17.1 Å². The number of aromatic hydroxyl groups is 3. The Bertz CT molecular complexity index is 1260. The summed E-state index contributed by atoms with van der Waals surface area (Å²) in [6.45, 7) is 7.56. The van der Waals surface area contributed by atoms with E-state index in [0.717, 1.165) is 22.3 Å². The van der Waals surface area contributed by atoms with Crippen molar-refractivity contribution < 1.29 is 20.1 Å². The highest BCUT2D eigenvalue weighted by Gasteiger charge is 2.23. The van der Waals surface area contributed by atoms with Gasteiger partial charge in [0.1, 0.15) is 23.0 Å². The van der Waals surface area contributed by atoms with E-state index in [2.05, 4.69) is 0 Å². The highest BCUT2D eigenvalue weighted by atomic mass is 16.5. The molecule has 0 radical (unpaired) electrons. The van der Waals surface area contributed by atoms with Crippen LogP contribution < -0.4 is 9.64 Å². The van der Waals surface area contributed by atoms with Crippen LogP contribution in [-0.2, 0) is 0 Å². The molecule has 0 aliphatic heterocycles. The van der Waals surface area contributed by atoms with Gasteiger partial charge in [0.2, 0.25) is 0 Å². The Morgan fingerprint density at radius 1 is 0.606 bits per heavy atom. The molecule has 4 aromatic rings. The number of aryl methyl sites for hydroxylation is 4. The molecule has 0 unspecified atom stereocenters. The topological polar surface area (TPSA) is 73.2 Å². The Morgan fingerprint density at radius 2 is 1.12 bits per heavy atom. The minimum Gasteiger partial charge on any atom is -0.508 e. The first-order valence-corrected chi connectivity index (χ1v) is 10.7. The lowest BCUT2D eigenvalue weighted by Crippen LogP contribution is -2.12. The van der Waals surface area contributed by atoms with Crippen molar-refractivity contribution in [3.63, 3.8) is 0 Å². The minimum absolute atomic E-state index is 0.0850. The number of anilines is 3. The molecule has 0 aromatic heterocycles. The van der Waals surface area contributed by atoms with Crippen LogP contribution in [0.5, 0.6) is 28.7 Å². The first-order chi connectivity index (χ1) is 15.7. The lowest BCUT2D eigenvalue weighted by atomic mass is 10.1. The Balaban J connectivity index is 1.92. The average molecular weight is 442 g/mol. The summed E-state index contributed by atoms with van der Waals surface area (Å²) in [6, 6.07) is 21.6. The van der Waals surface area contributed by atoms with Crippen LogP contribution in [0.2, 0.25) is 0 Å². The molecule has 0 bridgehead atoms. The zero-order valence-corrected chi connectivity index (χ0v) is 19.1. The van der Waals surface area contributed by atoms with Gasteiger partial charge in [-0.3, -0.25) is 4.90 Å².